The van der Waals surface area contributed by atoms with Gasteiger partial charge in [-0.2, -0.15) is 0 Å². The van der Waals surface area contributed by atoms with E-state index < -0.39 is 19.7 Å². The lowest BCUT2D eigenvalue weighted by Gasteiger charge is -2.32. The van der Waals surface area contributed by atoms with Crippen molar-refractivity contribution in [3.63, 3.8) is 0 Å². The zero-order valence-corrected chi connectivity index (χ0v) is 15.7. The normalized spacial score (nSPS) is 13.2. The minimum atomic E-state index is -1.20. The number of esters is 1. The Hall–Kier alpha value is -2.48. The molecule has 0 aromatic heterocycles. The van der Waals surface area contributed by atoms with E-state index in [1.165, 1.54) is 7.11 Å². The first kappa shape index (κ1) is 18.3. The Morgan fingerprint density at radius 3 is 1.62 bits per heavy atom. The van der Waals surface area contributed by atoms with Gasteiger partial charge in [-0.15, -0.1) is 0 Å². The van der Waals surface area contributed by atoms with Gasteiger partial charge in [0.25, 0.3) is 0 Å². The zero-order chi connectivity index (χ0) is 18.4. The Morgan fingerprint density at radius 2 is 1.19 bits per heavy atom. The van der Waals surface area contributed by atoms with Gasteiger partial charge in [0, 0.05) is 10.6 Å². The van der Waals surface area contributed by atoms with Crippen LogP contribution in [0.3, 0.4) is 0 Å². The summed E-state index contributed by atoms with van der Waals surface area (Å²) in [4.78, 5) is 12.7. The molecule has 0 bridgehead atoms. The first-order chi connectivity index (χ1) is 12.6. The molecule has 3 aromatic rings. The van der Waals surface area contributed by atoms with Crippen LogP contribution in [0.4, 0.5) is 0 Å². The average Bonchev–Trinajstić information content (AvgIpc) is 2.73. The molecular formula is C22H21O3P. The van der Waals surface area contributed by atoms with E-state index in [-0.39, 0.29) is 0 Å². The predicted octanol–water partition coefficient (Wildman–Crippen LogP) is 4.14. The highest BCUT2D eigenvalue weighted by molar-refractivity contribution is 7.68. The summed E-state index contributed by atoms with van der Waals surface area (Å²) >= 11 is 0. The second-order valence-corrected chi connectivity index (χ2v) is 7.75. The molecule has 0 radical (unpaired) electrons. The van der Waals surface area contributed by atoms with Crippen LogP contribution in [-0.4, -0.2) is 13.1 Å². The van der Waals surface area contributed by atoms with Crippen molar-refractivity contribution in [2.24, 2.45) is 0 Å². The van der Waals surface area contributed by atoms with E-state index in [2.05, 4.69) is 0 Å². The summed E-state index contributed by atoms with van der Waals surface area (Å²) in [6.07, 6.45) is 0. The van der Waals surface area contributed by atoms with Crippen LogP contribution in [0.2, 0.25) is 0 Å². The molecule has 1 atom stereocenters. The second kappa shape index (κ2) is 8.27. The van der Waals surface area contributed by atoms with Crippen LogP contribution in [0.1, 0.15) is 12.5 Å². The Bertz CT molecular complexity index is 798. The monoisotopic (exact) mass is 364 g/mol. The number of carbonyl (C=O) groups is 1. The van der Waals surface area contributed by atoms with Gasteiger partial charge in [-0.1, -0.05) is 91.0 Å². The molecule has 0 fully saturated rings. The highest BCUT2D eigenvalue weighted by Crippen LogP contribution is 2.44. The van der Waals surface area contributed by atoms with E-state index in [1.54, 1.807) is 6.92 Å². The van der Waals surface area contributed by atoms with Crippen molar-refractivity contribution < 1.29 is 14.1 Å². The fourth-order valence-electron chi connectivity index (χ4n) is 2.72. The average molecular weight is 364 g/mol. The van der Waals surface area contributed by atoms with Crippen molar-refractivity contribution in [2.45, 2.75) is 12.5 Å². The Balaban J connectivity index is 2.07. The number of benzene rings is 3. The lowest BCUT2D eigenvalue weighted by molar-refractivity contribution is -0.157. The van der Waals surface area contributed by atoms with Crippen molar-refractivity contribution in [2.75, 3.05) is 7.11 Å². The topological polar surface area (TPSA) is 35.5 Å². The standard InChI is InChI=1S/C22H21O3P/c1-22(21(23)24-2,18-12-6-3-7-13-18)25-26(19-14-8-4-9-15-19)20-16-10-5-11-17-20/h3-17H,1-2H3/t22-/m0/s1. The van der Waals surface area contributed by atoms with Gasteiger partial charge in [0.1, 0.15) is 0 Å². The van der Waals surface area contributed by atoms with Crippen LogP contribution in [0.5, 0.6) is 0 Å². The maximum absolute atomic E-state index is 12.7. The first-order valence-corrected chi connectivity index (χ1v) is 9.64. The van der Waals surface area contributed by atoms with E-state index in [1.807, 2.05) is 91.0 Å². The SMILES string of the molecule is COC(=O)[C@@](C)(OP(c1ccccc1)c1ccccc1)c1ccccc1. The number of hydrogen-bond donors (Lipinski definition) is 0. The molecule has 0 aliphatic heterocycles. The number of ether oxygens (including phenoxy) is 1. The van der Waals surface area contributed by atoms with Gasteiger partial charge < -0.3 is 9.26 Å². The highest BCUT2D eigenvalue weighted by Gasteiger charge is 2.41. The molecule has 0 unspecified atom stereocenters. The third-order valence-electron chi connectivity index (χ3n) is 4.15. The Labute approximate surface area is 155 Å². The molecule has 0 N–H and O–H groups in total. The Morgan fingerprint density at radius 1 is 0.769 bits per heavy atom. The summed E-state index contributed by atoms with van der Waals surface area (Å²) in [6.45, 7) is 1.77. The van der Waals surface area contributed by atoms with Crippen LogP contribution in [-0.2, 0) is 19.7 Å². The largest absolute Gasteiger partial charge is 0.467 e. The number of carbonyl (C=O) groups excluding carboxylic acids is 1. The lowest BCUT2D eigenvalue weighted by atomic mass is 9.96. The van der Waals surface area contributed by atoms with Crippen LogP contribution in [0.25, 0.3) is 0 Å². The summed E-state index contributed by atoms with van der Waals surface area (Å²) in [5.74, 6) is -0.414. The van der Waals surface area contributed by atoms with E-state index in [9.17, 15) is 4.79 Å². The van der Waals surface area contributed by atoms with Gasteiger partial charge >= 0.3 is 5.97 Å². The maximum atomic E-state index is 12.7. The van der Waals surface area contributed by atoms with Gasteiger partial charge in [-0.3, -0.25) is 0 Å². The molecule has 3 rings (SSSR count). The van der Waals surface area contributed by atoms with Gasteiger partial charge in [-0.05, 0) is 12.5 Å². The van der Waals surface area contributed by atoms with Gasteiger partial charge in [0.05, 0.1) is 15.3 Å². The molecule has 0 saturated heterocycles. The molecule has 3 nitrogen and oxygen atoms in total. The van der Waals surface area contributed by atoms with Crippen molar-refractivity contribution in [3.05, 3.63) is 96.6 Å². The highest BCUT2D eigenvalue weighted by atomic mass is 31.1. The van der Waals surface area contributed by atoms with Crippen molar-refractivity contribution in [1.82, 2.24) is 0 Å². The summed E-state index contributed by atoms with van der Waals surface area (Å²) < 4.78 is 11.6. The molecule has 0 saturated carbocycles. The molecule has 132 valence electrons. The van der Waals surface area contributed by atoms with Crippen LogP contribution in [0, 0.1) is 0 Å². The van der Waals surface area contributed by atoms with Crippen molar-refractivity contribution in [1.29, 1.82) is 0 Å². The third kappa shape index (κ3) is 3.85. The molecule has 26 heavy (non-hydrogen) atoms. The molecule has 0 aliphatic carbocycles. The number of rotatable bonds is 6. The zero-order valence-electron chi connectivity index (χ0n) is 14.8. The minimum Gasteiger partial charge on any atom is -0.467 e. The van der Waals surface area contributed by atoms with Crippen LogP contribution < -0.4 is 10.6 Å². The first-order valence-electron chi connectivity index (χ1n) is 8.38. The summed E-state index contributed by atoms with van der Waals surface area (Å²) in [6, 6.07) is 29.5. The third-order valence-corrected chi connectivity index (χ3v) is 6.24. The van der Waals surface area contributed by atoms with Crippen molar-refractivity contribution >= 4 is 24.7 Å². The molecule has 0 heterocycles. The molecule has 4 heteroatoms. The fourth-order valence-corrected chi connectivity index (χ4v) is 4.66. The second-order valence-electron chi connectivity index (χ2n) is 5.95. The lowest BCUT2D eigenvalue weighted by Crippen LogP contribution is -2.37. The molecule has 0 amide bonds. The fraction of sp³-hybridized carbons (Fsp3) is 0.136. The van der Waals surface area contributed by atoms with E-state index in [4.69, 9.17) is 9.26 Å². The summed E-state index contributed by atoms with van der Waals surface area (Å²) in [5.41, 5.74) is -0.431. The predicted molar refractivity (Wildman–Crippen MR) is 106 cm³/mol. The summed E-state index contributed by atoms with van der Waals surface area (Å²) in [5, 5.41) is 2.08. The maximum Gasteiger partial charge on any atom is 0.342 e. The quantitative estimate of drug-likeness (QED) is 0.487. The molecule has 0 spiro atoms. The minimum absolute atomic E-state index is 0.414. The Kier molecular flexibility index (Phi) is 5.82. The smallest absolute Gasteiger partial charge is 0.342 e. The molecule has 0 aliphatic rings. The number of hydrogen-bond acceptors (Lipinski definition) is 3. The van der Waals surface area contributed by atoms with E-state index in [0.29, 0.717) is 0 Å². The van der Waals surface area contributed by atoms with Crippen LogP contribution >= 0.6 is 8.15 Å². The van der Waals surface area contributed by atoms with Gasteiger partial charge in [0.15, 0.2) is 5.60 Å². The number of methoxy groups -OCH3 is 1. The van der Waals surface area contributed by atoms with Crippen LogP contribution in [0.15, 0.2) is 91.0 Å². The van der Waals surface area contributed by atoms with E-state index in [0.717, 1.165) is 16.2 Å². The molecule has 3 aromatic carbocycles. The molecular weight excluding hydrogens is 343 g/mol. The van der Waals surface area contributed by atoms with Gasteiger partial charge in [-0.25, -0.2) is 4.79 Å². The van der Waals surface area contributed by atoms with Gasteiger partial charge in [0.2, 0.25) is 0 Å². The van der Waals surface area contributed by atoms with E-state index >= 15 is 0 Å². The van der Waals surface area contributed by atoms with Crippen molar-refractivity contribution in [3.8, 4) is 0 Å². The summed E-state index contributed by atoms with van der Waals surface area (Å²) in [7, 11) is 0.188.